The van der Waals surface area contributed by atoms with E-state index in [9.17, 15) is 4.79 Å². The molecule has 0 unspecified atom stereocenters. The summed E-state index contributed by atoms with van der Waals surface area (Å²) >= 11 is 0. The van der Waals surface area contributed by atoms with Crippen LogP contribution < -0.4 is 10.1 Å². The average Bonchev–Trinajstić information content (AvgIpc) is 2.63. The second-order valence-corrected chi connectivity index (χ2v) is 5.09. The molecule has 0 bridgehead atoms. The molecular weight excluding hydrogens is 302 g/mol. The Bertz CT molecular complexity index is 818. The van der Waals surface area contributed by atoms with E-state index in [-0.39, 0.29) is 5.91 Å². The summed E-state index contributed by atoms with van der Waals surface area (Å²) in [7, 11) is 0. The molecule has 1 aromatic heterocycles. The first kappa shape index (κ1) is 15.7. The molecule has 5 nitrogen and oxygen atoms in total. The minimum Gasteiger partial charge on any atom is -0.477 e. The normalized spacial score (nSPS) is 10.2. The lowest BCUT2D eigenvalue weighted by Gasteiger charge is -2.07. The molecule has 24 heavy (non-hydrogen) atoms. The zero-order valence-corrected chi connectivity index (χ0v) is 13.3. The number of anilines is 1. The molecule has 0 atom stereocenters. The number of carbonyl (C=O) groups excluding carboxylic acids is 1. The summed E-state index contributed by atoms with van der Waals surface area (Å²) in [6, 6.07) is 20.2. The number of nitrogens with zero attached hydrogens (tertiary/aromatic N) is 2. The highest BCUT2D eigenvalue weighted by Crippen LogP contribution is 2.22. The van der Waals surface area contributed by atoms with E-state index in [2.05, 4.69) is 15.5 Å². The molecule has 0 aliphatic rings. The van der Waals surface area contributed by atoms with E-state index in [1.165, 1.54) is 0 Å². The molecule has 0 aliphatic heterocycles. The summed E-state index contributed by atoms with van der Waals surface area (Å²) < 4.78 is 5.29. The zero-order chi connectivity index (χ0) is 16.8. The van der Waals surface area contributed by atoms with Crippen LogP contribution in [0.25, 0.3) is 11.3 Å². The Labute approximate surface area is 140 Å². The Kier molecular flexibility index (Phi) is 4.81. The van der Waals surface area contributed by atoms with Crippen molar-refractivity contribution in [2.24, 2.45) is 0 Å². The number of amides is 1. The van der Waals surface area contributed by atoms with Gasteiger partial charge < -0.3 is 10.1 Å². The first-order valence-electron chi connectivity index (χ1n) is 7.69. The van der Waals surface area contributed by atoms with Crippen LogP contribution in [0.2, 0.25) is 0 Å². The van der Waals surface area contributed by atoms with E-state index in [4.69, 9.17) is 4.74 Å². The summed E-state index contributed by atoms with van der Waals surface area (Å²) in [5.41, 5.74) is 2.91. The maximum absolute atomic E-state index is 12.2. The molecule has 0 aliphatic carbocycles. The third-order valence-corrected chi connectivity index (χ3v) is 3.38. The predicted molar refractivity (Wildman–Crippen MR) is 93.0 cm³/mol. The Hall–Kier alpha value is -3.21. The molecule has 120 valence electrons. The number of hydrogen-bond donors (Lipinski definition) is 1. The molecule has 0 radical (unpaired) electrons. The Morgan fingerprint density at radius 3 is 2.54 bits per heavy atom. The van der Waals surface area contributed by atoms with Crippen LogP contribution in [0.3, 0.4) is 0 Å². The molecule has 0 spiro atoms. The van der Waals surface area contributed by atoms with Gasteiger partial charge in [-0.15, -0.1) is 10.2 Å². The minimum atomic E-state index is -0.148. The summed E-state index contributed by atoms with van der Waals surface area (Å²) in [6.45, 7) is 2.45. The first-order chi connectivity index (χ1) is 11.8. The lowest BCUT2D eigenvalue weighted by molar-refractivity contribution is 0.102. The van der Waals surface area contributed by atoms with E-state index in [1.54, 1.807) is 18.2 Å². The summed E-state index contributed by atoms with van der Waals surface area (Å²) in [5, 5.41) is 11.1. The second-order valence-electron chi connectivity index (χ2n) is 5.09. The Balaban J connectivity index is 1.77. The highest BCUT2D eigenvalue weighted by molar-refractivity contribution is 6.04. The summed E-state index contributed by atoms with van der Waals surface area (Å²) in [4.78, 5) is 12.2. The number of nitrogens with one attached hydrogen (secondary N) is 1. The molecule has 3 aromatic rings. The highest BCUT2D eigenvalue weighted by Gasteiger charge is 2.07. The topological polar surface area (TPSA) is 64.1 Å². The number of rotatable bonds is 5. The van der Waals surface area contributed by atoms with E-state index in [1.807, 2.05) is 55.5 Å². The van der Waals surface area contributed by atoms with Gasteiger partial charge in [-0.1, -0.05) is 30.3 Å². The molecule has 2 aromatic carbocycles. The van der Waals surface area contributed by atoms with E-state index < -0.39 is 0 Å². The molecule has 5 heteroatoms. The fraction of sp³-hybridized carbons (Fsp3) is 0.105. The van der Waals surface area contributed by atoms with Gasteiger partial charge in [-0.05, 0) is 37.3 Å². The van der Waals surface area contributed by atoms with Crippen LogP contribution in [0.5, 0.6) is 5.88 Å². The molecule has 1 heterocycles. The molecule has 0 saturated heterocycles. The SMILES string of the molecule is CCOc1ccc(-c2cccc(NC(=O)c3ccccc3)c2)nn1. The molecule has 3 rings (SSSR count). The molecule has 1 N–H and O–H groups in total. The molecule has 0 saturated carbocycles. The van der Waals surface area contributed by atoms with Crippen LogP contribution >= 0.6 is 0 Å². The maximum Gasteiger partial charge on any atom is 0.255 e. The predicted octanol–water partition coefficient (Wildman–Crippen LogP) is 3.79. The lowest BCUT2D eigenvalue weighted by atomic mass is 10.1. The third kappa shape index (κ3) is 3.76. The van der Waals surface area contributed by atoms with Crippen molar-refractivity contribution in [2.75, 3.05) is 11.9 Å². The number of carbonyl (C=O) groups is 1. The van der Waals surface area contributed by atoms with Crippen molar-refractivity contribution in [1.82, 2.24) is 10.2 Å². The first-order valence-corrected chi connectivity index (χ1v) is 7.69. The van der Waals surface area contributed by atoms with Crippen LogP contribution in [0, 0.1) is 0 Å². The van der Waals surface area contributed by atoms with Crippen LogP contribution in [-0.2, 0) is 0 Å². The Morgan fingerprint density at radius 2 is 1.83 bits per heavy atom. The lowest BCUT2D eigenvalue weighted by Crippen LogP contribution is -2.11. The van der Waals surface area contributed by atoms with Gasteiger partial charge in [0.2, 0.25) is 5.88 Å². The van der Waals surface area contributed by atoms with Gasteiger partial charge in [-0.2, -0.15) is 0 Å². The average molecular weight is 319 g/mol. The molecule has 0 fully saturated rings. The van der Waals surface area contributed by atoms with Gasteiger partial charge in [0, 0.05) is 22.9 Å². The van der Waals surface area contributed by atoms with Gasteiger partial charge in [-0.3, -0.25) is 4.79 Å². The monoisotopic (exact) mass is 319 g/mol. The van der Waals surface area contributed by atoms with Crippen LogP contribution in [0.1, 0.15) is 17.3 Å². The fourth-order valence-electron chi connectivity index (χ4n) is 2.25. The van der Waals surface area contributed by atoms with Gasteiger partial charge in [0.05, 0.1) is 12.3 Å². The van der Waals surface area contributed by atoms with Crippen molar-refractivity contribution >= 4 is 11.6 Å². The number of aromatic nitrogens is 2. The van der Waals surface area contributed by atoms with E-state index >= 15 is 0 Å². The quantitative estimate of drug-likeness (QED) is 0.777. The van der Waals surface area contributed by atoms with Crippen molar-refractivity contribution in [1.29, 1.82) is 0 Å². The van der Waals surface area contributed by atoms with Crippen LogP contribution in [-0.4, -0.2) is 22.7 Å². The van der Waals surface area contributed by atoms with Gasteiger partial charge in [0.25, 0.3) is 5.91 Å². The van der Waals surface area contributed by atoms with Gasteiger partial charge >= 0.3 is 0 Å². The highest BCUT2D eigenvalue weighted by atomic mass is 16.5. The molecule has 1 amide bonds. The summed E-state index contributed by atoms with van der Waals surface area (Å²) in [6.07, 6.45) is 0. The Morgan fingerprint density at radius 1 is 1.00 bits per heavy atom. The fourth-order valence-corrected chi connectivity index (χ4v) is 2.25. The van der Waals surface area contributed by atoms with Crippen molar-refractivity contribution in [2.45, 2.75) is 6.92 Å². The van der Waals surface area contributed by atoms with Crippen molar-refractivity contribution in [3.05, 3.63) is 72.3 Å². The zero-order valence-electron chi connectivity index (χ0n) is 13.3. The number of hydrogen-bond acceptors (Lipinski definition) is 4. The van der Waals surface area contributed by atoms with Crippen molar-refractivity contribution in [3.63, 3.8) is 0 Å². The third-order valence-electron chi connectivity index (χ3n) is 3.38. The standard InChI is InChI=1S/C19H17N3O2/c1-2-24-18-12-11-17(21-22-18)15-9-6-10-16(13-15)20-19(23)14-7-4-3-5-8-14/h3-13H,2H2,1H3,(H,20,23). The van der Waals surface area contributed by atoms with E-state index in [0.29, 0.717) is 29.4 Å². The summed E-state index contributed by atoms with van der Waals surface area (Å²) in [5.74, 6) is 0.348. The number of ether oxygens (including phenoxy) is 1. The van der Waals surface area contributed by atoms with Crippen molar-refractivity contribution in [3.8, 4) is 17.1 Å². The van der Waals surface area contributed by atoms with Gasteiger partial charge in [0.15, 0.2) is 0 Å². The van der Waals surface area contributed by atoms with E-state index in [0.717, 1.165) is 5.56 Å². The van der Waals surface area contributed by atoms with Gasteiger partial charge in [-0.25, -0.2) is 0 Å². The molecular formula is C19H17N3O2. The van der Waals surface area contributed by atoms with Crippen molar-refractivity contribution < 1.29 is 9.53 Å². The minimum absolute atomic E-state index is 0.148. The maximum atomic E-state index is 12.2. The number of benzene rings is 2. The van der Waals surface area contributed by atoms with Crippen LogP contribution in [0.15, 0.2) is 66.7 Å². The van der Waals surface area contributed by atoms with Crippen LogP contribution in [0.4, 0.5) is 5.69 Å². The second kappa shape index (κ2) is 7.37. The largest absolute Gasteiger partial charge is 0.477 e. The smallest absolute Gasteiger partial charge is 0.255 e. The van der Waals surface area contributed by atoms with Gasteiger partial charge in [0.1, 0.15) is 0 Å².